The van der Waals surface area contributed by atoms with Gasteiger partial charge in [-0.15, -0.1) is 0 Å². The quantitative estimate of drug-likeness (QED) is 0.488. The molecule has 0 fully saturated rings. The molecule has 4 heterocycles. The Kier molecular flexibility index (Phi) is 3.60. The van der Waals surface area contributed by atoms with Gasteiger partial charge >= 0.3 is 0 Å². The molecule has 150 valence electrons. The molecule has 0 aliphatic carbocycles. The van der Waals surface area contributed by atoms with Crippen LogP contribution in [0.2, 0.25) is 0 Å². The van der Waals surface area contributed by atoms with E-state index in [1.807, 2.05) is 19.3 Å². The summed E-state index contributed by atoms with van der Waals surface area (Å²) >= 11 is 0. The molecule has 2 aromatic heterocycles. The second kappa shape index (κ2) is 6.23. The topological polar surface area (TPSA) is 75.8 Å². The van der Waals surface area contributed by atoms with Gasteiger partial charge in [-0.3, -0.25) is 0 Å². The van der Waals surface area contributed by atoms with Crippen molar-refractivity contribution in [3.05, 3.63) is 59.4 Å². The minimum atomic E-state index is 0.365. The first-order valence-electron chi connectivity index (χ1n) is 10.2. The molecule has 4 aromatic rings. The molecule has 2 aliphatic heterocycles. The van der Waals surface area contributed by atoms with Crippen LogP contribution in [0.3, 0.4) is 0 Å². The highest BCUT2D eigenvalue weighted by Gasteiger charge is 2.30. The van der Waals surface area contributed by atoms with Crippen molar-refractivity contribution in [1.82, 2.24) is 19.9 Å². The number of hydrogen-bond acceptors (Lipinski definition) is 4. The fourth-order valence-corrected chi connectivity index (χ4v) is 4.35. The zero-order valence-electron chi connectivity index (χ0n) is 17.2. The largest absolute Gasteiger partial charge is 0.488 e. The summed E-state index contributed by atoms with van der Waals surface area (Å²) in [5, 5.41) is 0. The van der Waals surface area contributed by atoms with E-state index in [1.54, 1.807) is 0 Å². The SMILES string of the molecule is Cc1ncc(-c2cc3c4c(c2)OCc2cc(-c5cnc(C(C)C)[nH]5)cc(c2-4)CO3)[nH]1. The summed E-state index contributed by atoms with van der Waals surface area (Å²) in [6.07, 6.45) is 3.76. The molecule has 0 spiro atoms. The van der Waals surface area contributed by atoms with Crippen LogP contribution in [-0.2, 0) is 13.2 Å². The Morgan fingerprint density at radius 1 is 0.800 bits per heavy atom. The molecule has 6 nitrogen and oxygen atoms in total. The normalized spacial score (nSPS) is 13.7. The highest BCUT2D eigenvalue weighted by Crippen LogP contribution is 2.51. The molecular formula is C24H22N4O2. The monoisotopic (exact) mass is 398 g/mol. The minimum absolute atomic E-state index is 0.365. The van der Waals surface area contributed by atoms with Crippen LogP contribution in [0.5, 0.6) is 11.5 Å². The van der Waals surface area contributed by atoms with Crippen molar-refractivity contribution in [1.29, 1.82) is 0 Å². The van der Waals surface area contributed by atoms with Gasteiger partial charge < -0.3 is 19.4 Å². The van der Waals surface area contributed by atoms with Gasteiger partial charge in [0, 0.05) is 22.6 Å². The zero-order chi connectivity index (χ0) is 20.4. The number of hydrogen-bond donors (Lipinski definition) is 2. The van der Waals surface area contributed by atoms with Gasteiger partial charge in [-0.2, -0.15) is 0 Å². The Hall–Kier alpha value is -3.54. The lowest BCUT2D eigenvalue weighted by Gasteiger charge is -2.30. The lowest BCUT2D eigenvalue weighted by molar-refractivity contribution is 0.277. The summed E-state index contributed by atoms with van der Waals surface area (Å²) in [5.74, 6) is 3.97. The van der Waals surface area contributed by atoms with Crippen molar-refractivity contribution in [2.75, 3.05) is 0 Å². The van der Waals surface area contributed by atoms with E-state index in [-0.39, 0.29) is 0 Å². The maximum absolute atomic E-state index is 6.18. The van der Waals surface area contributed by atoms with Gasteiger partial charge in [0.2, 0.25) is 0 Å². The molecule has 2 aromatic carbocycles. The fraction of sp³-hybridized carbons (Fsp3) is 0.250. The van der Waals surface area contributed by atoms with Gasteiger partial charge in [-0.1, -0.05) is 13.8 Å². The smallest absolute Gasteiger partial charge is 0.132 e. The van der Waals surface area contributed by atoms with Crippen LogP contribution in [0, 0.1) is 6.92 Å². The number of nitrogens with one attached hydrogen (secondary N) is 2. The van der Waals surface area contributed by atoms with Crippen molar-refractivity contribution in [2.45, 2.75) is 39.9 Å². The Labute approximate surface area is 174 Å². The van der Waals surface area contributed by atoms with Gasteiger partial charge in [0.25, 0.3) is 0 Å². The van der Waals surface area contributed by atoms with E-state index in [0.717, 1.165) is 51.2 Å². The maximum atomic E-state index is 6.18. The summed E-state index contributed by atoms with van der Waals surface area (Å²) in [4.78, 5) is 15.6. The van der Waals surface area contributed by atoms with E-state index < -0.39 is 0 Å². The predicted molar refractivity (Wildman–Crippen MR) is 115 cm³/mol. The first-order chi connectivity index (χ1) is 14.6. The van der Waals surface area contributed by atoms with Crippen LogP contribution < -0.4 is 9.47 Å². The second-order valence-corrected chi connectivity index (χ2v) is 8.31. The van der Waals surface area contributed by atoms with E-state index in [9.17, 15) is 0 Å². The number of aromatic nitrogens is 4. The highest BCUT2D eigenvalue weighted by molar-refractivity contribution is 5.88. The van der Waals surface area contributed by atoms with Crippen LogP contribution in [0.4, 0.5) is 0 Å². The third-order valence-corrected chi connectivity index (χ3v) is 5.85. The lowest BCUT2D eigenvalue weighted by Crippen LogP contribution is -2.15. The van der Waals surface area contributed by atoms with Gasteiger partial charge in [-0.25, -0.2) is 9.97 Å². The summed E-state index contributed by atoms with van der Waals surface area (Å²) < 4.78 is 12.4. The third kappa shape index (κ3) is 2.56. The van der Waals surface area contributed by atoms with Gasteiger partial charge in [0.1, 0.15) is 36.4 Å². The number of imidazole rings is 2. The van der Waals surface area contributed by atoms with Crippen LogP contribution >= 0.6 is 0 Å². The number of benzene rings is 2. The summed E-state index contributed by atoms with van der Waals surface area (Å²) in [6, 6.07) is 8.57. The number of ether oxygens (including phenoxy) is 2. The van der Waals surface area contributed by atoms with E-state index >= 15 is 0 Å². The predicted octanol–water partition coefficient (Wildman–Crippen LogP) is 5.35. The van der Waals surface area contributed by atoms with Crippen LogP contribution in [0.1, 0.15) is 42.5 Å². The molecular weight excluding hydrogens is 376 g/mol. The first kappa shape index (κ1) is 17.3. The van der Waals surface area contributed by atoms with E-state index in [4.69, 9.17) is 9.47 Å². The summed E-state index contributed by atoms with van der Waals surface area (Å²) in [6.45, 7) is 7.30. The minimum Gasteiger partial charge on any atom is -0.488 e. The summed E-state index contributed by atoms with van der Waals surface area (Å²) in [7, 11) is 0. The molecule has 0 unspecified atom stereocenters. The molecule has 0 amide bonds. The zero-order valence-corrected chi connectivity index (χ0v) is 17.2. The Bertz CT molecular complexity index is 1250. The number of aryl methyl sites for hydroxylation is 1. The van der Waals surface area contributed by atoms with Gasteiger partial charge in [0.05, 0.1) is 29.3 Å². The lowest BCUT2D eigenvalue weighted by atomic mass is 9.87. The van der Waals surface area contributed by atoms with Crippen molar-refractivity contribution in [3.8, 4) is 45.1 Å². The number of nitrogens with zero attached hydrogens (tertiary/aromatic N) is 2. The Balaban J connectivity index is 1.47. The van der Waals surface area contributed by atoms with Crippen LogP contribution in [-0.4, -0.2) is 19.9 Å². The molecule has 30 heavy (non-hydrogen) atoms. The Morgan fingerprint density at radius 3 is 1.97 bits per heavy atom. The Morgan fingerprint density at radius 2 is 1.40 bits per heavy atom. The number of H-pyrrole nitrogens is 2. The van der Waals surface area contributed by atoms with E-state index in [0.29, 0.717) is 19.1 Å². The van der Waals surface area contributed by atoms with Gasteiger partial charge in [0.15, 0.2) is 0 Å². The average Bonchev–Trinajstić information content (AvgIpc) is 3.41. The average molecular weight is 398 g/mol. The fourth-order valence-electron chi connectivity index (χ4n) is 4.35. The molecule has 2 N–H and O–H groups in total. The maximum Gasteiger partial charge on any atom is 0.132 e. The number of aromatic amines is 2. The van der Waals surface area contributed by atoms with Crippen LogP contribution in [0.25, 0.3) is 33.6 Å². The van der Waals surface area contributed by atoms with Gasteiger partial charge in [-0.05, 0) is 42.3 Å². The molecule has 0 saturated heterocycles. The molecule has 0 bridgehead atoms. The molecule has 6 heteroatoms. The van der Waals surface area contributed by atoms with E-state index in [1.165, 1.54) is 16.7 Å². The number of rotatable bonds is 3. The van der Waals surface area contributed by atoms with E-state index in [2.05, 4.69) is 58.0 Å². The second-order valence-electron chi connectivity index (χ2n) is 8.31. The molecule has 6 rings (SSSR count). The molecule has 0 saturated carbocycles. The first-order valence-corrected chi connectivity index (χ1v) is 10.2. The third-order valence-electron chi connectivity index (χ3n) is 5.85. The molecule has 0 radical (unpaired) electrons. The standard InChI is InChI=1S/C24H22N4O2/c1-12(2)24-26-9-19(28-24)14-4-16-10-29-20-6-15(18-8-25-13(3)27-18)7-21-23(20)22(16)17(5-14)11-30-21/h4-9,12H,10-11H2,1-3H3,(H,25,27)(H,26,28). The van der Waals surface area contributed by atoms with Crippen LogP contribution in [0.15, 0.2) is 36.7 Å². The molecule has 0 atom stereocenters. The summed E-state index contributed by atoms with van der Waals surface area (Å²) in [5.41, 5.74) is 8.80. The van der Waals surface area contributed by atoms with Crippen molar-refractivity contribution in [3.63, 3.8) is 0 Å². The molecule has 2 aliphatic rings. The van der Waals surface area contributed by atoms with Crippen molar-refractivity contribution < 1.29 is 9.47 Å². The van der Waals surface area contributed by atoms with Crippen molar-refractivity contribution >= 4 is 0 Å². The highest BCUT2D eigenvalue weighted by atomic mass is 16.5. The van der Waals surface area contributed by atoms with Crippen molar-refractivity contribution in [2.24, 2.45) is 0 Å².